The largest absolute Gasteiger partial charge is 1.00 e. The lowest BCUT2D eigenvalue weighted by molar-refractivity contribution is -0.00000833. The molecule has 0 amide bonds. The summed E-state index contributed by atoms with van der Waals surface area (Å²) in [7, 11) is 0. The number of rotatable bonds is 3. The van der Waals surface area contributed by atoms with E-state index in [4.69, 9.17) is 4.42 Å². The molecule has 2 N–H and O–H groups in total. The van der Waals surface area contributed by atoms with Crippen molar-refractivity contribution >= 4 is 11.4 Å². The van der Waals surface area contributed by atoms with E-state index in [2.05, 4.69) is 34.9 Å². The molecule has 32 heavy (non-hydrogen) atoms. The van der Waals surface area contributed by atoms with Gasteiger partial charge in [-0.15, -0.1) is 0 Å². The zero-order chi connectivity index (χ0) is 21.2. The number of hydrogen-bond donors (Lipinski definition) is 2. The smallest absolute Gasteiger partial charge is 0.215 e. The van der Waals surface area contributed by atoms with E-state index >= 15 is 0 Å². The maximum absolute atomic E-state index is 9.85. The summed E-state index contributed by atoms with van der Waals surface area (Å²) < 4.78 is 8.36. The molecule has 0 aromatic heterocycles. The van der Waals surface area contributed by atoms with Crippen molar-refractivity contribution in [3.63, 3.8) is 0 Å². The van der Waals surface area contributed by atoms with Gasteiger partial charge in [-0.05, 0) is 36.4 Å². The second-order valence-corrected chi connectivity index (χ2v) is 7.23. The highest BCUT2D eigenvalue weighted by molar-refractivity contribution is 5.67. The summed E-state index contributed by atoms with van der Waals surface area (Å²) in [6, 6.07) is 35.0. The van der Waals surface area contributed by atoms with E-state index in [0.29, 0.717) is 11.3 Å². The van der Waals surface area contributed by atoms with Crippen LogP contribution in [0.4, 0.5) is 11.4 Å². The Morgan fingerprint density at radius 1 is 0.531 bits per heavy atom. The van der Waals surface area contributed by atoms with Crippen molar-refractivity contribution in [2.45, 2.75) is 0 Å². The molecule has 0 radical (unpaired) electrons. The third kappa shape index (κ3) is 4.09. The summed E-state index contributed by atoms with van der Waals surface area (Å²) in [6.45, 7) is 0. The molecule has 3 aromatic rings. The zero-order valence-electron chi connectivity index (χ0n) is 17.0. The number of aromatic hydroxyl groups is 2. The van der Waals surface area contributed by atoms with Crippen LogP contribution in [0, 0.1) is 0 Å². The minimum Gasteiger partial charge on any atom is -1.00 e. The number of nitrogens with zero attached hydrogens (tertiary/aromatic N) is 1. The maximum atomic E-state index is 9.85. The Kier molecular flexibility index (Phi) is 5.97. The van der Waals surface area contributed by atoms with Gasteiger partial charge < -0.3 is 27.0 Å². The molecule has 3 aromatic carbocycles. The van der Waals surface area contributed by atoms with Crippen LogP contribution in [0.25, 0.3) is 22.6 Å². The minimum atomic E-state index is -0.180. The van der Waals surface area contributed by atoms with Crippen LogP contribution in [0.5, 0.6) is 11.5 Å². The lowest BCUT2D eigenvalue weighted by atomic mass is 10.1. The number of phenolic OH excluding ortho intramolecular Hbond substituents is 2. The molecule has 158 valence electrons. The van der Waals surface area contributed by atoms with Crippen molar-refractivity contribution in [2.75, 3.05) is 0 Å². The fourth-order valence-corrected chi connectivity index (χ4v) is 3.64. The molecule has 0 unspecified atom stereocenters. The van der Waals surface area contributed by atoms with Crippen LogP contribution in [0.3, 0.4) is 0 Å². The molecule has 0 fully saturated rings. The highest BCUT2D eigenvalue weighted by Crippen LogP contribution is 2.33. The van der Waals surface area contributed by atoms with Gasteiger partial charge in [-0.25, -0.2) is 0 Å². The first-order valence-corrected chi connectivity index (χ1v) is 9.98. The SMILES string of the molecule is Oc1ccc(-c2ccc3ccc(=[N+](c4ccccc4)c4ccccc4)cc-3o2)cc1O.[Cl-]. The average Bonchev–Trinajstić information content (AvgIpc) is 2.82. The highest BCUT2D eigenvalue weighted by Gasteiger charge is 2.16. The Balaban J connectivity index is 0.00000245. The first-order chi connectivity index (χ1) is 15.2. The molecule has 0 bridgehead atoms. The number of fused-ring (bicyclic) bond motifs is 1. The summed E-state index contributed by atoms with van der Waals surface area (Å²) in [5.41, 5.74) is 3.75. The Hall–Kier alpha value is -4.02. The van der Waals surface area contributed by atoms with Crippen LogP contribution < -0.4 is 22.3 Å². The van der Waals surface area contributed by atoms with Crippen molar-refractivity contribution in [3.8, 4) is 34.1 Å². The number of phenols is 2. The molecule has 1 aliphatic heterocycles. The third-order valence-electron chi connectivity index (χ3n) is 5.18. The van der Waals surface area contributed by atoms with Crippen LogP contribution >= 0.6 is 0 Å². The van der Waals surface area contributed by atoms with Gasteiger partial charge in [0.2, 0.25) is 16.7 Å². The van der Waals surface area contributed by atoms with Crippen molar-refractivity contribution in [1.29, 1.82) is 0 Å². The molecular weight excluding hydrogens is 422 g/mol. The summed E-state index contributed by atoms with van der Waals surface area (Å²) >= 11 is 0. The fraction of sp³-hybridized carbons (Fsp3) is 0. The Morgan fingerprint density at radius 3 is 1.75 bits per heavy atom. The zero-order valence-corrected chi connectivity index (χ0v) is 17.8. The lowest BCUT2D eigenvalue weighted by Crippen LogP contribution is -3.00. The fourth-order valence-electron chi connectivity index (χ4n) is 3.64. The van der Waals surface area contributed by atoms with E-state index in [1.807, 2.05) is 60.7 Å². The normalized spacial score (nSPS) is 10.5. The van der Waals surface area contributed by atoms with E-state index in [1.165, 1.54) is 12.1 Å². The highest BCUT2D eigenvalue weighted by atomic mass is 35.5. The van der Waals surface area contributed by atoms with Gasteiger partial charge in [0.05, 0.1) is 6.07 Å². The van der Waals surface area contributed by atoms with E-state index in [9.17, 15) is 10.2 Å². The van der Waals surface area contributed by atoms with E-state index in [1.54, 1.807) is 6.07 Å². The van der Waals surface area contributed by atoms with Crippen LogP contribution in [-0.2, 0) is 0 Å². The predicted molar refractivity (Wildman–Crippen MR) is 122 cm³/mol. The molecule has 0 saturated carbocycles. The van der Waals surface area contributed by atoms with E-state index in [-0.39, 0.29) is 23.9 Å². The van der Waals surface area contributed by atoms with Gasteiger partial charge in [-0.3, -0.25) is 0 Å². The number of halogens is 1. The van der Waals surface area contributed by atoms with Gasteiger partial charge >= 0.3 is 0 Å². The predicted octanol–water partition coefficient (Wildman–Crippen LogP) is 2.90. The minimum absolute atomic E-state index is 0. The number of benzene rings is 4. The van der Waals surface area contributed by atoms with Crippen molar-refractivity contribution < 1.29 is 27.0 Å². The van der Waals surface area contributed by atoms with Crippen LogP contribution in [0.2, 0.25) is 0 Å². The van der Waals surface area contributed by atoms with Crippen LogP contribution in [0.15, 0.2) is 114 Å². The van der Waals surface area contributed by atoms with Crippen molar-refractivity contribution in [3.05, 3.63) is 115 Å². The quantitative estimate of drug-likeness (QED) is 0.334. The summed E-state index contributed by atoms with van der Waals surface area (Å²) in [5.74, 6) is 0.986. The lowest BCUT2D eigenvalue weighted by Gasteiger charge is -2.09. The second-order valence-electron chi connectivity index (χ2n) is 7.23. The van der Waals surface area contributed by atoms with Gasteiger partial charge in [-0.2, -0.15) is 4.58 Å². The first-order valence-electron chi connectivity index (χ1n) is 9.98. The Morgan fingerprint density at radius 2 is 1.12 bits per heavy atom. The average molecular weight is 442 g/mol. The molecular formula is C27H20ClNO3. The molecule has 0 atom stereocenters. The monoisotopic (exact) mass is 441 g/mol. The van der Waals surface area contributed by atoms with Gasteiger partial charge in [0.15, 0.2) is 11.5 Å². The molecule has 5 heteroatoms. The topological polar surface area (TPSA) is 56.6 Å². The second kappa shape index (κ2) is 9.00. The van der Waals surface area contributed by atoms with E-state index in [0.717, 1.165) is 28.1 Å². The van der Waals surface area contributed by atoms with Crippen molar-refractivity contribution in [2.24, 2.45) is 0 Å². The molecule has 2 aliphatic rings. The Labute approximate surface area is 191 Å². The molecule has 0 spiro atoms. The number of hydrogen-bond acceptors (Lipinski definition) is 3. The molecule has 1 heterocycles. The van der Waals surface area contributed by atoms with Gasteiger partial charge in [0, 0.05) is 41.5 Å². The standard InChI is InChI=1S/C27H19NO3.ClH/c29-24-15-12-20(17-25(24)30)26-16-13-19-11-14-23(18-27(19)31-26)28(21-7-3-1-4-8-21)22-9-5-2-6-10-22;/h1-18,30H;1H. The van der Waals surface area contributed by atoms with Gasteiger partial charge in [0.1, 0.15) is 11.5 Å². The summed E-state index contributed by atoms with van der Waals surface area (Å²) in [6.07, 6.45) is 0. The molecule has 0 saturated heterocycles. The molecule has 5 rings (SSSR count). The summed E-state index contributed by atoms with van der Waals surface area (Å²) in [5, 5.41) is 20.4. The van der Waals surface area contributed by atoms with E-state index < -0.39 is 0 Å². The van der Waals surface area contributed by atoms with Crippen molar-refractivity contribution in [1.82, 2.24) is 4.58 Å². The van der Waals surface area contributed by atoms with Crippen LogP contribution in [-0.4, -0.2) is 10.2 Å². The molecule has 4 nitrogen and oxygen atoms in total. The Bertz CT molecular complexity index is 1350. The van der Waals surface area contributed by atoms with Gasteiger partial charge in [0.25, 0.3) is 0 Å². The van der Waals surface area contributed by atoms with Crippen LogP contribution in [0.1, 0.15) is 0 Å². The first kappa shape index (κ1) is 21.2. The number of para-hydroxylation sites is 2. The maximum Gasteiger partial charge on any atom is 0.215 e. The van der Waals surface area contributed by atoms with Gasteiger partial charge in [-0.1, -0.05) is 36.4 Å². The molecule has 1 aliphatic carbocycles. The third-order valence-corrected chi connectivity index (χ3v) is 5.18. The summed E-state index contributed by atoms with van der Waals surface area (Å²) in [4.78, 5) is 0.